The SMILES string of the molecule is Cc1ccc(C(NS(=O)(=O)c2nnc(NC(=O)C(C)(C)C)s2)c2ccccc2)cc1. The molecule has 2 N–H and O–H groups in total. The summed E-state index contributed by atoms with van der Waals surface area (Å²) in [6.07, 6.45) is 0. The lowest BCUT2D eigenvalue weighted by Gasteiger charge is -2.19. The number of hydrogen-bond acceptors (Lipinski definition) is 6. The Balaban J connectivity index is 1.89. The maximum atomic E-state index is 13.0. The first kappa shape index (κ1) is 22.1. The summed E-state index contributed by atoms with van der Waals surface area (Å²) in [5, 5.41) is 10.4. The summed E-state index contributed by atoms with van der Waals surface area (Å²) in [4.78, 5) is 12.1. The number of amides is 1. The van der Waals surface area contributed by atoms with Crippen LogP contribution in [0.4, 0.5) is 5.13 Å². The van der Waals surface area contributed by atoms with E-state index >= 15 is 0 Å². The van der Waals surface area contributed by atoms with Crippen LogP contribution in [0.3, 0.4) is 0 Å². The van der Waals surface area contributed by atoms with Crippen molar-refractivity contribution in [3.63, 3.8) is 0 Å². The molecule has 0 radical (unpaired) electrons. The van der Waals surface area contributed by atoms with Gasteiger partial charge in [0.2, 0.25) is 15.4 Å². The van der Waals surface area contributed by atoms with E-state index in [1.165, 1.54) is 0 Å². The van der Waals surface area contributed by atoms with Gasteiger partial charge in [0.25, 0.3) is 10.0 Å². The summed E-state index contributed by atoms with van der Waals surface area (Å²) in [7, 11) is -3.97. The average molecular weight is 445 g/mol. The number of sulfonamides is 1. The summed E-state index contributed by atoms with van der Waals surface area (Å²) < 4.78 is 28.6. The molecule has 7 nitrogen and oxygen atoms in total. The number of hydrogen-bond donors (Lipinski definition) is 2. The number of carbonyl (C=O) groups is 1. The Bertz CT molecular complexity index is 1120. The summed E-state index contributed by atoms with van der Waals surface area (Å²) in [5.41, 5.74) is 2.06. The second-order valence-corrected chi connectivity index (χ2v) is 10.8. The minimum Gasteiger partial charge on any atom is -0.300 e. The van der Waals surface area contributed by atoms with E-state index in [1.54, 1.807) is 20.8 Å². The third-order valence-corrected chi connectivity index (χ3v) is 6.98. The highest BCUT2D eigenvalue weighted by Gasteiger charge is 2.28. The minimum atomic E-state index is -3.97. The number of anilines is 1. The predicted octanol–water partition coefficient (Wildman–Crippen LogP) is 3.90. The fourth-order valence-electron chi connectivity index (χ4n) is 2.59. The molecule has 9 heteroatoms. The molecule has 0 aliphatic rings. The molecule has 0 spiro atoms. The molecule has 3 rings (SSSR count). The first-order valence-corrected chi connectivity index (χ1v) is 11.6. The van der Waals surface area contributed by atoms with E-state index in [4.69, 9.17) is 0 Å². The van der Waals surface area contributed by atoms with Crippen LogP contribution < -0.4 is 10.0 Å². The molecular weight excluding hydrogens is 420 g/mol. The molecule has 0 bridgehead atoms. The number of aryl methyl sites for hydroxylation is 1. The molecule has 1 unspecified atom stereocenters. The molecule has 2 aromatic carbocycles. The maximum Gasteiger partial charge on any atom is 0.270 e. The zero-order valence-corrected chi connectivity index (χ0v) is 18.8. The van der Waals surface area contributed by atoms with Gasteiger partial charge in [0.1, 0.15) is 0 Å². The van der Waals surface area contributed by atoms with Gasteiger partial charge in [-0.2, -0.15) is 4.72 Å². The van der Waals surface area contributed by atoms with Gasteiger partial charge in [-0.15, -0.1) is 10.2 Å². The van der Waals surface area contributed by atoms with Gasteiger partial charge in [0.05, 0.1) is 6.04 Å². The first-order chi connectivity index (χ1) is 14.1. The normalized spacial score (nSPS) is 13.1. The van der Waals surface area contributed by atoms with E-state index in [-0.39, 0.29) is 15.4 Å². The zero-order chi connectivity index (χ0) is 21.9. The highest BCUT2D eigenvalue weighted by molar-refractivity contribution is 7.91. The molecule has 30 heavy (non-hydrogen) atoms. The van der Waals surface area contributed by atoms with Crippen LogP contribution in [0.2, 0.25) is 0 Å². The fraction of sp³-hybridized carbons (Fsp3) is 0.286. The molecule has 1 amide bonds. The highest BCUT2D eigenvalue weighted by atomic mass is 32.2. The van der Waals surface area contributed by atoms with Crippen LogP contribution in [0.15, 0.2) is 58.9 Å². The monoisotopic (exact) mass is 444 g/mol. The van der Waals surface area contributed by atoms with E-state index in [9.17, 15) is 13.2 Å². The van der Waals surface area contributed by atoms with Crippen LogP contribution in [0.5, 0.6) is 0 Å². The van der Waals surface area contributed by atoms with Crippen molar-refractivity contribution in [2.75, 3.05) is 5.32 Å². The van der Waals surface area contributed by atoms with Gasteiger partial charge >= 0.3 is 0 Å². The van der Waals surface area contributed by atoms with E-state index in [0.717, 1.165) is 28.0 Å². The van der Waals surface area contributed by atoms with E-state index in [2.05, 4.69) is 20.2 Å². The number of nitrogens with zero attached hydrogens (tertiary/aromatic N) is 2. The molecule has 0 aliphatic heterocycles. The van der Waals surface area contributed by atoms with Crippen LogP contribution in [0, 0.1) is 12.3 Å². The third-order valence-electron chi connectivity index (χ3n) is 4.35. The van der Waals surface area contributed by atoms with Gasteiger partial charge in [-0.05, 0) is 18.1 Å². The second-order valence-electron chi connectivity index (χ2n) is 7.95. The predicted molar refractivity (Wildman–Crippen MR) is 118 cm³/mol. The third kappa shape index (κ3) is 5.29. The Hall–Kier alpha value is -2.62. The molecule has 1 aromatic heterocycles. The lowest BCUT2D eigenvalue weighted by atomic mass is 9.96. The summed E-state index contributed by atoms with van der Waals surface area (Å²) in [6, 6.07) is 16.4. The van der Waals surface area contributed by atoms with Crippen LogP contribution >= 0.6 is 11.3 Å². The van der Waals surface area contributed by atoms with E-state index < -0.39 is 21.5 Å². The Kier molecular flexibility index (Phi) is 6.35. The Morgan fingerprint density at radius 3 is 2.17 bits per heavy atom. The van der Waals surface area contributed by atoms with Crippen LogP contribution in [0.1, 0.15) is 43.5 Å². The summed E-state index contributed by atoms with van der Waals surface area (Å²) in [5.74, 6) is -0.266. The van der Waals surface area contributed by atoms with E-state index in [1.807, 2.05) is 61.5 Å². The maximum absolute atomic E-state index is 13.0. The molecule has 1 heterocycles. The second kappa shape index (κ2) is 8.63. The molecule has 158 valence electrons. The quantitative estimate of drug-likeness (QED) is 0.562. The Morgan fingerprint density at radius 1 is 0.967 bits per heavy atom. The van der Waals surface area contributed by atoms with Gasteiger partial charge in [-0.25, -0.2) is 8.42 Å². The van der Waals surface area contributed by atoms with Crippen molar-refractivity contribution in [3.8, 4) is 0 Å². The standard InChI is InChI=1S/C21H24N4O3S2/c1-14-10-12-16(13-11-14)17(15-8-6-5-7-9-15)25-30(27,28)20-24-23-19(29-20)22-18(26)21(2,3)4/h5-13,17,25H,1-4H3,(H,22,23,26). The molecule has 0 saturated heterocycles. The van der Waals surface area contributed by atoms with Crippen LogP contribution in [-0.2, 0) is 14.8 Å². The van der Waals surface area contributed by atoms with Crippen molar-refractivity contribution in [1.82, 2.24) is 14.9 Å². The van der Waals surface area contributed by atoms with Crippen molar-refractivity contribution < 1.29 is 13.2 Å². The Morgan fingerprint density at radius 2 is 1.57 bits per heavy atom. The topological polar surface area (TPSA) is 101 Å². The fourth-order valence-corrected chi connectivity index (χ4v) is 4.72. The average Bonchev–Trinajstić information content (AvgIpc) is 3.16. The van der Waals surface area contributed by atoms with Crippen molar-refractivity contribution in [3.05, 3.63) is 71.3 Å². The smallest absolute Gasteiger partial charge is 0.270 e. The summed E-state index contributed by atoms with van der Waals surface area (Å²) >= 11 is 0.814. The number of benzene rings is 2. The molecule has 0 aliphatic carbocycles. The number of carbonyl (C=O) groups excluding carboxylic acids is 1. The molecule has 0 fully saturated rings. The van der Waals surface area contributed by atoms with Crippen LogP contribution in [-0.4, -0.2) is 24.5 Å². The van der Waals surface area contributed by atoms with Crippen molar-refractivity contribution in [2.24, 2.45) is 5.41 Å². The highest BCUT2D eigenvalue weighted by Crippen LogP contribution is 2.27. The molecule has 1 atom stereocenters. The lowest BCUT2D eigenvalue weighted by Crippen LogP contribution is -2.29. The molecule has 0 saturated carbocycles. The number of rotatable bonds is 6. The van der Waals surface area contributed by atoms with Crippen molar-refractivity contribution >= 4 is 32.4 Å². The minimum absolute atomic E-state index is 0.141. The zero-order valence-electron chi connectivity index (χ0n) is 17.2. The van der Waals surface area contributed by atoms with E-state index in [0.29, 0.717) is 0 Å². The lowest BCUT2D eigenvalue weighted by molar-refractivity contribution is -0.123. The molecule has 3 aromatic rings. The van der Waals surface area contributed by atoms with Gasteiger partial charge in [-0.1, -0.05) is 92.3 Å². The van der Waals surface area contributed by atoms with Gasteiger partial charge < -0.3 is 5.32 Å². The number of aromatic nitrogens is 2. The van der Waals surface area contributed by atoms with Crippen LogP contribution in [0.25, 0.3) is 0 Å². The largest absolute Gasteiger partial charge is 0.300 e. The first-order valence-electron chi connectivity index (χ1n) is 9.35. The van der Waals surface area contributed by atoms with Gasteiger partial charge in [0, 0.05) is 5.41 Å². The van der Waals surface area contributed by atoms with Crippen molar-refractivity contribution in [1.29, 1.82) is 0 Å². The summed E-state index contributed by atoms with van der Waals surface area (Å²) in [6.45, 7) is 7.25. The number of nitrogens with one attached hydrogen (secondary N) is 2. The Labute approximate surface area is 180 Å². The van der Waals surface area contributed by atoms with Crippen molar-refractivity contribution in [2.45, 2.75) is 38.1 Å². The van der Waals surface area contributed by atoms with Gasteiger partial charge in [0.15, 0.2) is 0 Å². The molecular formula is C21H24N4O3S2. The van der Waals surface area contributed by atoms with Gasteiger partial charge in [-0.3, -0.25) is 4.79 Å².